The van der Waals surface area contributed by atoms with Crippen LogP contribution in [0, 0.1) is 5.82 Å². The van der Waals surface area contributed by atoms with Crippen LogP contribution in [0.4, 0.5) is 4.39 Å². The molecule has 0 aliphatic heterocycles. The lowest BCUT2D eigenvalue weighted by Crippen LogP contribution is -2.02. The molecule has 0 saturated carbocycles. The van der Waals surface area contributed by atoms with Gasteiger partial charge in [-0.05, 0) is 11.6 Å². The van der Waals surface area contributed by atoms with Gasteiger partial charge in [-0.3, -0.25) is 0 Å². The second-order valence-corrected chi connectivity index (χ2v) is 3.43. The molecular formula is C10H10BrFO. The molecule has 13 heavy (non-hydrogen) atoms. The standard InChI is InChI=1S/C10H10BrFO/c1-7(6-13)10-8(5-11)3-2-4-9(10)12/h2-4,6-7H,5H2,1H3. The fourth-order valence-corrected chi connectivity index (χ4v) is 1.77. The lowest BCUT2D eigenvalue weighted by molar-refractivity contribution is -0.108. The van der Waals surface area contributed by atoms with E-state index in [-0.39, 0.29) is 11.7 Å². The van der Waals surface area contributed by atoms with Gasteiger partial charge in [0.15, 0.2) is 0 Å². The van der Waals surface area contributed by atoms with Crippen LogP contribution in [0.15, 0.2) is 18.2 Å². The zero-order chi connectivity index (χ0) is 9.84. The molecule has 0 radical (unpaired) electrons. The SMILES string of the molecule is CC(C=O)c1c(F)cccc1CBr. The molecule has 3 heteroatoms. The van der Waals surface area contributed by atoms with Crippen molar-refractivity contribution in [3.63, 3.8) is 0 Å². The molecule has 0 aliphatic carbocycles. The predicted molar refractivity (Wildman–Crippen MR) is 53.5 cm³/mol. The maximum Gasteiger partial charge on any atom is 0.127 e. The van der Waals surface area contributed by atoms with Crippen molar-refractivity contribution >= 4 is 22.2 Å². The van der Waals surface area contributed by atoms with Gasteiger partial charge in [-0.1, -0.05) is 35.0 Å². The number of halogens is 2. The van der Waals surface area contributed by atoms with Crippen LogP contribution in [0.25, 0.3) is 0 Å². The molecule has 1 nitrogen and oxygen atoms in total. The Bertz CT molecular complexity index is 312. The maximum absolute atomic E-state index is 13.3. The van der Waals surface area contributed by atoms with E-state index in [0.29, 0.717) is 10.9 Å². The molecule has 0 aliphatic rings. The van der Waals surface area contributed by atoms with Gasteiger partial charge in [-0.25, -0.2) is 4.39 Å². The molecule has 0 N–H and O–H groups in total. The van der Waals surface area contributed by atoms with Crippen LogP contribution in [0.5, 0.6) is 0 Å². The van der Waals surface area contributed by atoms with Crippen molar-refractivity contribution in [1.82, 2.24) is 0 Å². The van der Waals surface area contributed by atoms with E-state index in [0.717, 1.165) is 11.8 Å². The molecule has 0 heterocycles. The number of aldehydes is 1. The van der Waals surface area contributed by atoms with Crippen molar-refractivity contribution in [2.45, 2.75) is 18.2 Å². The number of alkyl halides is 1. The molecule has 70 valence electrons. The molecule has 0 spiro atoms. The first-order valence-electron chi connectivity index (χ1n) is 3.99. The Morgan fingerprint density at radius 1 is 1.62 bits per heavy atom. The monoisotopic (exact) mass is 244 g/mol. The minimum atomic E-state index is -0.381. The van der Waals surface area contributed by atoms with E-state index >= 15 is 0 Å². The highest BCUT2D eigenvalue weighted by molar-refractivity contribution is 9.08. The van der Waals surface area contributed by atoms with E-state index in [4.69, 9.17) is 0 Å². The third kappa shape index (κ3) is 2.15. The summed E-state index contributed by atoms with van der Waals surface area (Å²) >= 11 is 3.26. The van der Waals surface area contributed by atoms with Gasteiger partial charge in [0.25, 0.3) is 0 Å². The summed E-state index contributed by atoms with van der Waals surface area (Å²) in [6.07, 6.45) is 0.755. The molecule has 1 rings (SSSR count). The summed E-state index contributed by atoms with van der Waals surface area (Å²) in [5.41, 5.74) is 1.33. The topological polar surface area (TPSA) is 17.1 Å². The molecule has 0 bridgehead atoms. The molecule has 1 unspecified atom stereocenters. The zero-order valence-electron chi connectivity index (χ0n) is 7.26. The average Bonchev–Trinajstić information content (AvgIpc) is 2.16. The maximum atomic E-state index is 13.3. The van der Waals surface area contributed by atoms with Crippen molar-refractivity contribution in [1.29, 1.82) is 0 Å². The Morgan fingerprint density at radius 3 is 2.85 bits per heavy atom. The summed E-state index contributed by atoms with van der Waals surface area (Å²) < 4.78 is 13.3. The zero-order valence-corrected chi connectivity index (χ0v) is 8.84. The highest BCUT2D eigenvalue weighted by Gasteiger charge is 2.13. The summed E-state index contributed by atoms with van der Waals surface area (Å²) in [4.78, 5) is 10.5. The highest BCUT2D eigenvalue weighted by atomic mass is 79.9. The Balaban J connectivity index is 3.22. The lowest BCUT2D eigenvalue weighted by Gasteiger charge is -2.10. The third-order valence-electron chi connectivity index (χ3n) is 1.95. The first kappa shape index (κ1) is 10.4. The second kappa shape index (κ2) is 4.51. The van der Waals surface area contributed by atoms with Crippen LogP contribution in [-0.4, -0.2) is 6.29 Å². The third-order valence-corrected chi connectivity index (χ3v) is 2.55. The van der Waals surface area contributed by atoms with E-state index in [9.17, 15) is 9.18 Å². The van der Waals surface area contributed by atoms with Crippen molar-refractivity contribution < 1.29 is 9.18 Å². The first-order chi connectivity index (χ1) is 6.20. The molecule has 1 aromatic carbocycles. The van der Waals surface area contributed by atoms with Crippen molar-refractivity contribution in [3.8, 4) is 0 Å². The van der Waals surface area contributed by atoms with Crippen LogP contribution in [0.2, 0.25) is 0 Å². The summed E-state index contributed by atoms with van der Waals surface area (Å²) in [5, 5.41) is 0.568. The van der Waals surface area contributed by atoms with Crippen molar-refractivity contribution in [3.05, 3.63) is 35.1 Å². The van der Waals surface area contributed by atoms with Gasteiger partial charge in [-0.2, -0.15) is 0 Å². The quantitative estimate of drug-likeness (QED) is 0.590. The highest BCUT2D eigenvalue weighted by Crippen LogP contribution is 2.23. The number of hydrogen-bond donors (Lipinski definition) is 0. The molecule has 0 amide bonds. The van der Waals surface area contributed by atoms with Gasteiger partial charge >= 0.3 is 0 Å². The fourth-order valence-electron chi connectivity index (χ4n) is 1.28. The average molecular weight is 245 g/mol. The van der Waals surface area contributed by atoms with E-state index < -0.39 is 0 Å². The van der Waals surface area contributed by atoms with E-state index in [1.807, 2.05) is 6.07 Å². The van der Waals surface area contributed by atoms with E-state index in [1.54, 1.807) is 13.0 Å². The molecule has 0 fully saturated rings. The Hall–Kier alpha value is -0.700. The number of benzene rings is 1. The minimum absolute atomic E-state index is 0.309. The van der Waals surface area contributed by atoms with Gasteiger partial charge < -0.3 is 4.79 Å². The second-order valence-electron chi connectivity index (χ2n) is 2.87. The van der Waals surface area contributed by atoms with Gasteiger partial charge in [0.05, 0.1) is 0 Å². The normalized spacial score (nSPS) is 12.5. The van der Waals surface area contributed by atoms with Crippen molar-refractivity contribution in [2.75, 3.05) is 0 Å². The summed E-state index contributed by atoms with van der Waals surface area (Å²) in [6.45, 7) is 1.69. The molecule has 1 aromatic rings. The molecule has 0 aromatic heterocycles. The Morgan fingerprint density at radius 2 is 2.31 bits per heavy atom. The minimum Gasteiger partial charge on any atom is -0.303 e. The molecule has 1 atom stereocenters. The Labute approximate surface area is 85.1 Å². The van der Waals surface area contributed by atoms with Gasteiger partial charge in [0, 0.05) is 16.8 Å². The first-order valence-corrected chi connectivity index (χ1v) is 5.11. The van der Waals surface area contributed by atoms with Crippen LogP contribution in [0.3, 0.4) is 0 Å². The number of hydrogen-bond acceptors (Lipinski definition) is 1. The van der Waals surface area contributed by atoms with Crippen LogP contribution in [-0.2, 0) is 10.1 Å². The smallest absolute Gasteiger partial charge is 0.127 e. The Kier molecular flexibility index (Phi) is 3.60. The number of carbonyl (C=O) groups excluding carboxylic acids is 1. The fraction of sp³-hybridized carbons (Fsp3) is 0.300. The van der Waals surface area contributed by atoms with E-state index in [1.165, 1.54) is 6.07 Å². The predicted octanol–water partition coefficient (Wildman–Crippen LogP) is 3.02. The number of carbonyl (C=O) groups is 1. The van der Waals surface area contributed by atoms with Crippen LogP contribution < -0.4 is 0 Å². The lowest BCUT2D eigenvalue weighted by atomic mass is 9.97. The largest absolute Gasteiger partial charge is 0.303 e. The van der Waals surface area contributed by atoms with Crippen molar-refractivity contribution in [2.24, 2.45) is 0 Å². The van der Waals surface area contributed by atoms with Gasteiger partial charge in [0.1, 0.15) is 12.1 Å². The summed E-state index contributed by atoms with van der Waals surface area (Å²) in [6, 6.07) is 4.83. The molecule has 0 saturated heterocycles. The van der Waals surface area contributed by atoms with Crippen LogP contribution >= 0.6 is 15.9 Å². The van der Waals surface area contributed by atoms with Gasteiger partial charge in [-0.15, -0.1) is 0 Å². The summed E-state index contributed by atoms with van der Waals surface area (Å²) in [7, 11) is 0. The van der Waals surface area contributed by atoms with Gasteiger partial charge in [0.2, 0.25) is 0 Å². The van der Waals surface area contributed by atoms with E-state index in [2.05, 4.69) is 15.9 Å². The summed E-state index contributed by atoms with van der Waals surface area (Å²) in [5.74, 6) is -0.690. The molecular weight excluding hydrogens is 235 g/mol. The number of rotatable bonds is 3. The van der Waals surface area contributed by atoms with Crippen LogP contribution in [0.1, 0.15) is 24.0 Å².